The van der Waals surface area contributed by atoms with Gasteiger partial charge in [-0.3, -0.25) is 29.5 Å². The summed E-state index contributed by atoms with van der Waals surface area (Å²) in [6.45, 7) is 5.05. The Hall–Kier alpha value is -5.60. The van der Waals surface area contributed by atoms with Crippen LogP contribution in [0, 0.1) is 0 Å². The number of esters is 1. The summed E-state index contributed by atoms with van der Waals surface area (Å²) in [5.74, 6) is -1.92. The van der Waals surface area contributed by atoms with E-state index in [4.69, 9.17) is 47.6 Å². The number of rotatable bonds is 28. The maximum Gasteiger partial charge on any atom is 0.339 e. The summed E-state index contributed by atoms with van der Waals surface area (Å²) in [5, 5.41) is 39.9. The normalized spacial score (nSPS) is 17.3. The van der Waals surface area contributed by atoms with Gasteiger partial charge >= 0.3 is 5.97 Å². The van der Waals surface area contributed by atoms with Crippen LogP contribution in [0.1, 0.15) is 73.9 Å². The van der Waals surface area contributed by atoms with E-state index in [0.29, 0.717) is 105 Å². The number of methoxy groups -OCH3 is 2. The zero-order chi connectivity index (χ0) is 54.3. The van der Waals surface area contributed by atoms with E-state index in [1.807, 2.05) is 97.1 Å². The molecule has 8 rings (SSSR count). The molecule has 19 heteroatoms. The maximum absolute atomic E-state index is 14.1. The fraction of sp³-hybridized carbons (Fsp3) is 0.483. The lowest BCUT2D eigenvalue weighted by Crippen LogP contribution is -2.51. The van der Waals surface area contributed by atoms with Gasteiger partial charge in [0.1, 0.15) is 0 Å². The summed E-state index contributed by atoms with van der Waals surface area (Å²) in [7, 11) is 3.19. The van der Waals surface area contributed by atoms with Gasteiger partial charge in [-0.15, -0.1) is 0 Å². The summed E-state index contributed by atoms with van der Waals surface area (Å²) in [6, 6.07) is 30.3. The molecule has 0 saturated carbocycles. The molecule has 0 spiro atoms. The topological polar surface area (TPSA) is 194 Å². The van der Waals surface area contributed by atoms with Crippen LogP contribution in [0.5, 0.6) is 0 Å². The van der Waals surface area contributed by atoms with Crippen LogP contribution in [-0.4, -0.2) is 160 Å². The molecule has 4 heterocycles. The van der Waals surface area contributed by atoms with Crippen LogP contribution in [0.2, 0.25) is 10.0 Å². The molecule has 3 N–H and O–H groups in total. The number of hydrogen-bond acceptors (Lipinski definition) is 14. The number of hydrogen-bond donors (Lipinski definition) is 3. The fourth-order valence-corrected chi connectivity index (χ4v) is 10.9. The molecule has 3 unspecified atom stereocenters. The first kappa shape index (κ1) is 57.6. The third kappa shape index (κ3) is 15.4. The lowest BCUT2D eigenvalue weighted by molar-refractivity contribution is -0.173. The number of benzene rings is 4. The number of carbonyl (C=O) groups excluding carboxylic acids is 2. The second-order valence-electron chi connectivity index (χ2n) is 20.2. The predicted molar refractivity (Wildman–Crippen MR) is 298 cm³/mol. The van der Waals surface area contributed by atoms with Crippen molar-refractivity contribution in [3.05, 3.63) is 150 Å². The minimum atomic E-state index is -2.15. The van der Waals surface area contributed by atoms with Crippen molar-refractivity contribution in [1.29, 1.82) is 0 Å². The van der Waals surface area contributed by atoms with Crippen molar-refractivity contribution in [2.45, 2.75) is 108 Å². The number of likely N-dealkylation sites (tertiary alicyclic amines) is 2. The molecule has 412 valence electrons. The molecule has 0 aliphatic carbocycles. The zero-order valence-corrected chi connectivity index (χ0v) is 45.6. The van der Waals surface area contributed by atoms with E-state index < -0.39 is 30.3 Å². The van der Waals surface area contributed by atoms with E-state index in [-0.39, 0.29) is 36.3 Å². The molecule has 5 atom stereocenters. The summed E-state index contributed by atoms with van der Waals surface area (Å²) in [5.41, 5.74) is 3.33. The van der Waals surface area contributed by atoms with E-state index >= 15 is 0 Å². The van der Waals surface area contributed by atoms with E-state index in [1.165, 1.54) is 4.90 Å². The van der Waals surface area contributed by atoms with Crippen molar-refractivity contribution in [1.82, 2.24) is 39.6 Å². The van der Waals surface area contributed by atoms with E-state index in [0.717, 1.165) is 72.1 Å². The Morgan fingerprint density at radius 2 is 1.16 bits per heavy atom. The molecule has 2 aromatic heterocycles. The number of nitrogens with one attached hydrogen (secondary N) is 1. The van der Waals surface area contributed by atoms with Gasteiger partial charge in [0.2, 0.25) is 0 Å². The fourth-order valence-electron chi connectivity index (χ4n) is 10.7. The van der Waals surface area contributed by atoms with Gasteiger partial charge < -0.3 is 29.3 Å². The van der Waals surface area contributed by atoms with E-state index in [2.05, 4.69) is 15.1 Å². The molecular formula is C58H72Cl2N8O9. The van der Waals surface area contributed by atoms with Crippen molar-refractivity contribution in [3.8, 4) is 0 Å². The number of unbranched alkanes of at least 4 members (excludes halogenated alkanes) is 1. The van der Waals surface area contributed by atoms with E-state index in [9.17, 15) is 29.4 Å². The average Bonchev–Trinajstić information content (AvgIpc) is 4.10. The summed E-state index contributed by atoms with van der Waals surface area (Å²) >= 11 is 12.3. The van der Waals surface area contributed by atoms with Gasteiger partial charge in [-0.2, -0.15) is 10.2 Å². The third-order valence-corrected chi connectivity index (χ3v) is 15.4. The molecule has 2 aliphatic rings. The molecule has 4 aromatic carbocycles. The molecule has 6 aromatic rings. The highest BCUT2D eigenvalue weighted by Gasteiger charge is 2.37. The van der Waals surface area contributed by atoms with Crippen molar-refractivity contribution in [3.63, 3.8) is 0 Å². The number of ether oxygens (including phenoxy) is 3. The van der Waals surface area contributed by atoms with Gasteiger partial charge in [-0.05, 0) is 106 Å². The quantitative estimate of drug-likeness (QED) is 0.0291. The van der Waals surface area contributed by atoms with Crippen LogP contribution in [0.15, 0.2) is 107 Å². The lowest BCUT2D eigenvalue weighted by atomic mass is 10.0. The minimum absolute atomic E-state index is 0.0310. The number of fused-ring (bicyclic) bond motifs is 2. The van der Waals surface area contributed by atoms with Crippen LogP contribution >= 0.6 is 23.2 Å². The summed E-state index contributed by atoms with van der Waals surface area (Å²) in [6.07, 6.45) is 1.58. The number of aliphatic hydroxyl groups excluding tert-OH is 2. The van der Waals surface area contributed by atoms with Crippen LogP contribution in [0.3, 0.4) is 0 Å². The Morgan fingerprint density at radius 1 is 0.662 bits per heavy atom. The number of amides is 1. The van der Waals surface area contributed by atoms with Gasteiger partial charge in [-0.1, -0.05) is 83.9 Å². The highest BCUT2D eigenvalue weighted by Crippen LogP contribution is 2.24. The van der Waals surface area contributed by atoms with Crippen LogP contribution in [0.4, 0.5) is 0 Å². The number of carbonyl (C=O) groups is 2. The molecule has 1 amide bonds. The third-order valence-electron chi connectivity index (χ3n) is 14.9. The number of aromatic nitrogens is 4. The summed E-state index contributed by atoms with van der Waals surface area (Å²) in [4.78, 5) is 61.5. The first-order chi connectivity index (χ1) is 37.4. The Labute approximate surface area is 459 Å². The second-order valence-corrected chi connectivity index (χ2v) is 21.0. The zero-order valence-electron chi connectivity index (χ0n) is 44.1. The molecule has 17 nitrogen and oxygen atoms in total. The van der Waals surface area contributed by atoms with Crippen LogP contribution < -0.4 is 16.4 Å². The van der Waals surface area contributed by atoms with Gasteiger partial charge in [0.15, 0.2) is 18.4 Å². The van der Waals surface area contributed by atoms with Gasteiger partial charge in [-0.25, -0.2) is 14.2 Å². The first-order valence-electron chi connectivity index (χ1n) is 26.9. The monoisotopic (exact) mass is 1090 g/mol. The standard InChI is InChI=1S/C58H72Cl2N8O9/c1-75-34-8-7-28-66(33-32-65-30-10-13-45(65)39-68-56(72)49-17-6-4-15-47(49)51(63-68)37-41-21-25-43(60)26-22-41)57(73)53(69)54(70)58(74)77-52(18-11-35-76-2)61-27-31-64-29-9-12-44(64)38-67-55(71)48-16-5-3-14-46(48)50(62-67)36-40-19-23-42(59)24-20-40/h3-6,14-17,19-26,44-45,52-54,61,69-70H,7-13,18,27-39H2,1-2H3/t44-,45-,52?,53?,54?/m1/s1. The average molecular weight is 1100 g/mol. The smallest absolute Gasteiger partial charge is 0.339 e. The molecular weight excluding hydrogens is 1020 g/mol. The Morgan fingerprint density at radius 3 is 1.68 bits per heavy atom. The molecule has 2 aliphatic heterocycles. The van der Waals surface area contributed by atoms with Gasteiger partial charge in [0.05, 0.1) is 35.2 Å². The Bertz CT molecular complexity index is 3010. The SMILES string of the molecule is COCCCCN(CCN1CCC[C@@H]1Cn1nc(Cc2ccc(Cl)cc2)c2ccccc2c1=O)C(=O)C(O)C(O)C(=O)OC(CCCOC)NCCN1CCC[C@@H]1Cn1nc(Cc2ccc(Cl)cc2)c2ccccc2c1=O. The van der Waals surface area contributed by atoms with Crippen molar-refractivity contribution in [2.75, 3.05) is 73.2 Å². The molecule has 77 heavy (non-hydrogen) atoms. The molecule has 0 bridgehead atoms. The highest BCUT2D eigenvalue weighted by molar-refractivity contribution is 6.30. The largest absolute Gasteiger partial charge is 0.445 e. The van der Waals surface area contributed by atoms with Gasteiger partial charge in [0.25, 0.3) is 17.0 Å². The molecule has 0 radical (unpaired) electrons. The molecule has 2 fully saturated rings. The van der Waals surface area contributed by atoms with Crippen LogP contribution in [-0.2, 0) is 49.7 Å². The number of halogens is 2. The van der Waals surface area contributed by atoms with Crippen molar-refractivity contribution >= 4 is 56.6 Å². The molecule has 2 saturated heterocycles. The number of nitrogens with zero attached hydrogens (tertiary/aromatic N) is 7. The lowest BCUT2D eigenvalue weighted by Gasteiger charge is -2.31. The first-order valence-corrected chi connectivity index (χ1v) is 27.7. The Kier molecular flexibility index (Phi) is 21.2. The predicted octanol–water partition coefficient (Wildman–Crippen LogP) is 6.09. The van der Waals surface area contributed by atoms with Gasteiger partial charge in [0, 0.05) is 112 Å². The highest BCUT2D eigenvalue weighted by atomic mass is 35.5. The summed E-state index contributed by atoms with van der Waals surface area (Å²) < 4.78 is 19.5. The van der Waals surface area contributed by atoms with Crippen LogP contribution in [0.25, 0.3) is 21.5 Å². The van der Waals surface area contributed by atoms with Crippen molar-refractivity contribution in [2.24, 2.45) is 0 Å². The van der Waals surface area contributed by atoms with Crippen molar-refractivity contribution < 1.29 is 34.0 Å². The van der Waals surface area contributed by atoms with E-state index in [1.54, 1.807) is 23.6 Å². The maximum atomic E-state index is 14.1. The Balaban J connectivity index is 0.881. The minimum Gasteiger partial charge on any atom is -0.445 e. The second kappa shape index (κ2) is 28.3. The number of aliphatic hydroxyl groups is 2.